The van der Waals surface area contributed by atoms with E-state index in [2.05, 4.69) is 10.6 Å². The average Bonchev–Trinajstić information content (AvgIpc) is 3.31. The molecule has 9 nitrogen and oxygen atoms in total. The SMILES string of the molecule is CC(C)[C@H](NC(=O)OCc1ccccc1)C(=O)NCc1ccc(S(=O)(=O)N2CCOCC2)s1. The highest BCUT2D eigenvalue weighted by Crippen LogP contribution is 2.25. The van der Waals surface area contributed by atoms with Gasteiger partial charge in [0.15, 0.2) is 0 Å². The number of nitrogens with one attached hydrogen (secondary N) is 2. The molecule has 0 radical (unpaired) electrons. The van der Waals surface area contributed by atoms with Crippen LogP contribution in [0.3, 0.4) is 0 Å². The molecule has 0 saturated carbocycles. The molecule has 0 aliphatic carbocycles. The Balaban J connectivity index is 1.53. The van der Waals surface area contributed by atoms with Crippen LogP contribution < -0.4 is 10.6 Å². The Morgan fingerprint density at radius 1 is 1.12 bits per heavy atom. The van der Waals surface area contributed by atoms with Crippen LogP contribution in [0.1, 0.15) is 24.3 Å². The molecule has 0 bridgehead atoms. The molecule has 1 aliphatic rings. The topological polar surface area (TPSA) is 114 Å². The van der Waals surface area contributed by atoms with E-state index in [1.807, 2.05) is 44.2 Å². The molecule has 2 heterocycles. The number of carbonyl (C=O) groups is 2. The minimum atomic E-state index is -3.57. The smallest absolute Gasteiger partial charge is 0.408 e. The molecule has 1 fully saturated rings. The molecule has 0 unspecified atom stereocenters. The van der Waals surface area contributed by atoms with Crippen molar-refractivity contribution in [1.82, 2.24) is 14.9 Å². The molecule has 0 spiro atoms. The molecule has 180 valence electrons. The van der Waals surface area contributed by atoms with Gasteiger partial charge < -0.3 is 20.1 Å². The molecule has 1 aromatic heterocycles. The predicted octanol–water partition coefficient (Wildman–Crippen LogP) is 2.34. The van der Waals surface area contributed by atoms with Gasteiger partial charge >= 0.3 is 6.09 Å². The number of hydrogen-bond acceptors (Lipinski definition) is 7. The Morgan fingerprint density at radius 2 is 1.82 bits per heavy atom. The van der Waals surface area contributed by atoms with Gasteiger partial charge in [-0.25, -0.2) is 13.2 Å². The van der Waals surface area contributed by atoms with E-state index in [-0.39, 0.29) is 29.2 Å². The minimum absolute atomic E-state index is 0.106. The number of thiophene rings is 1. The molecule has 2 N–H and O–H groups in total. The van der Waals surface area contributed by atoms with Crippen LogP contribution >= 0.6 is 11.3 Å². The van der Waals surface area contributed by atoms with E-state index >= 15 is 0 Å². The van der Waals surface area contributed by atoms with Crippen LogP contribution in [0.15, 0.2) is 46.7 Å². The molecule has 1 aromatic carbocycles. The number of carbonyl (C=O) groups excluding carboxylic acids is 2. The fourth-order valence-electron chi connectivity index (χ4n) is 3.22. The fourth-order valence-corrected chi connectivity index (χ4v) is 6.07. The van der Waals surface area contributed by atoms with Crippen LogP contribution in [0.4, 0.5) is 4.79 Å². The summed E-state index contributed by atoms with van der Waals surface area (Å²) < 4.78 is 37.6. The standard InChI is InChI=1S/C22H29N3O6S2/c1-16(2)20(24-22(27)31-15-17-6-4-3-5-7-17)21(26)23-14-18-8-9-19(32-18)33(28,29)25-10-12-30-13-11-25/h3-9,16,20H,10-15H2,1-2H3,(H,23,26)(H,24,27)/t20-/m0/s1. The number of sulfonamides is 1. The number of ether oxygens (including phenoxy) is 2. The van der Waals surface area contributed by atoms with Crippen LogP contribution in [0, 0.1) is 5.92 Å². The number of rotatable bonds is 9. The molecule has 11 heteroatoms. The highest BCUT2D eigenvalue weighted by atomic mass is 32.2. The zero-order valence-corrected chi connectivity index (χ0v) is 20.3. The fraction of sp³-hybridized carbons (Fsp3) is 0.455. The third-order valence-electron chi connectivity index (χ3n) is 5.07. The van der Waals surface area contributed by atoms with Gasteiger partial charge in [0, 0.05) is 18.0 Å². The monoisotopic (exact) mass is 495 g/mol. The summed E-state index contributed by atoms with van der Waals surface area (Å²) >= 11 is 1.12. The first-order chi connectivity index (χ1) is 15.8. The van der Waals surface area contributed by atoms with Crippen molar-refractivity contribution in [3.63, 3.8) is 0 Å². The van der Waals surface area contributed by atoms with Crippen molar-refractivity contribution in [1.29, 1.82) is 0 Å². The Labute approximate surface area is 198 Å². The van der Waals surface area contributed by atoms with Crippen LogP contribution in [0.2, 0.25) is 0 Å². The first-order valence-corrected chi connectivity index (χ1v) is 12.9. The molecule has 1 atom stereocenters. The predicted molar refractivity (Wildman–Crippen MR) is 124 cm³/mol. The first kappa shape index (κ1) is 25.2. The molecule has 33 heavy (non-hydrogen) atoms. The molecule has 3 rings (SSSR count). The van der Waals surface area contributed by atoms with Gasteiger partial charge in [0.1, 0.15) is 16.9 Å². The second-order valence-electron chi connectivity index (χ2n) is 7.88. The van der Waals surface area contributed by atoms with E-state index < -0.39 is 22.2 Å². The molecule has 2 aromatic rings. The Kier molecular flexibility index (Phi) is 8.84. The van der Waals surface area contributed by atoms with E-state index in [9.17, 15) is 18.0 Å². The maximum atomic E-state index is 12.8. The van der Waals surface area contributed by atoms with Crippen molar-refractivity contribution in [2.24, 2.45) is 5.92 Å². The summed E-state index contributed by atoms with van der Waals surface area (Å²) in [5.74, 6) is -0.539. The summed E-state index contributed by atoms with van der Waals surface area (Å²) in [7, 11) is -3.57. The first-order valence-electron chi connectivity index (χ1n) is 10.7. The van der Waals surface area contributed by atoms with Crippen molar-refractivity contribution in [2.45, 2.75) is 37.3 Å². The lowest BCUT2D eigenvalue weighted by atomic mass is 10.0. The lowest BCUT2D eigenvalue weighted by Crippen LogP contribution is -2.49. The van der Waals surface area contributed by atoms with Gasteiger partial charge in [-0.05, 0) is 23.6 Å². The van der Waals surface area contributed by atoms with Gasteiger partial charge in [-0.3, -0.25) is 4.79 Å². The number of hydrogen-bond donors (Lipinski definition) is 2. The summed E-state index contributed by atoms with van der Waals surface area (Å²) in [5.41, 5.74) is 0.846. The summed E-state index contributed by atoms with van der Waals surface area (Å²) in [5, 5.41) is 5.39. The van der Waals surface area contributed by atoms with Crippen molar-refractivity contribution >= 4 is 33.4 Å². The lowest BCUT2D eigenvalue weighted by molar-refractivity contribution is -0.124. The number of benzene rings is 1. The zero-order chi connectivity index (χ0) is 23.8. The van der Waals surface area contributed by atoms with Gasteiger partial charge in [-0.1, -0.05) is 44.2 Å². The Hall–Kier alpha value is -2.47. The van der Waals surface area contributed by atoms with Crippen molar-refractivity contribution in [3.05, 3.63) is 52.9 Å². The van der Waals surface area contributed by atoms with Crippen molar-refractivity contribution in [2.75, 3.05) is 26.3 Å². The van der Waals surface area contributed by atoms with E-state index in [0.717, 1.165) is 16.9 Å². The molecule has 2 amide bonds. The number of nitrogens with zero attached hydrogens (tertiary/aromatic N) is 1. The Morgan fingerprint density at radius 3 is 2.48 bits per heavy atom. The molecule has 1 saturated heterocycles. The highest BCUT2D eigenvalue weighted by molar-refractivity contribution is 7.91. The maximum Gasteiger partial charge on any atom is 0.408 e. The van der Waals surface area contributed by atoms with Crippen LogP contribution in [0.25, 0.3) is 0 Å². The highest BCUT2D eigenvalue weighted by Gasteiger charge is 2.28. The normalized spacial score (nSPS) is 15.7. The largest absolute Gasteiger partial charge is 0.445 e. The molecule has 1 aliphatic heterocycles. The number of alkyl carbamates (subject to hydrolysis) is 1. The van der Waals surface area contributed by atoms with Gasteiger partial charge in [0.25, 0.3) is 10.0 Å². The second-order valence-corrected chi connectivity index (χ2v) is 11.2. The van der Waals surface area contributed by atoms with Gasteiger partial charge in [0.2, 0.25) is 5.91 Å². The Bertz CT molecular complexity index is 1030. The van der Waals surface area contributed by atoms with E-state index in [1.54, 1.807) is 12.1 Å². The third-order valence-corrected chi connectivity index (χ3v) is 8.52. The molecular formula is C22H29N3O6S2. The second kappa shape index (κ2) is 11.6. The van der Waals surface area contributed by atoms with Gasteiger partial charge in [-0.2, -0.15) is 4.31 Å². The summed E-state index contributed by atoms with van der Waals surface area (Å²) in [6.07, 6.45) is -0.678. The third kappa shape index (κ3) is 7.00. The zero-order valence-electron chi connectivity index (χ0n) is 18.7. The van der Waals surface area contributed by atoms with Gasteiger partial charge in [0.05, 0.1) is 19.8 Å². The van der Waals surface area contributed by atoms with Crippen molar-refractivity contribution in [3.8, 4) is 0 Å². The van der Waals surface area contributed by atoms with Crippen molar-refractivity contribution < 1.29 is 27.5 Å². The minimum Gasteiger partial charge on any atom is -0.445 e. The lowest BCUT2D eigenvalue weighted by Gasteiger charge is -2.25. The summed E-state index contributed by atoms with van der Waals surface area (Å²) in [6.45, 7) is 5.32. The van der Waals surface area contributed by atoms with Crippen LogP contribution in [0.5, 0.6) is 0 Å². The summed E-state index contributed by atoms with van der Waals surface area (Å²) in [4.78, 5) is 25.6. The van der Waals surface area contributed by atoms with Crippen LogP contribution in [-0.4, -0.2) is 57.1 Å². The quantitative estimate of drug-likeness (QED) is 0.552. The summed E-state index contributed by atoms with van der Waals surface area (Å²) in [6, 6.07) is 11.7. The maximum absolute atomic E-state index is 12.8. The van der Waals surface area contributed by atoms with Gasteiger partial charge in [-0.15, -0.1) is 11.3 Å². The van der Waals surface area contributed by atoms with E-state index in [4.69, 9.17) is 9.47 Å². The van der Waals surface area contributed by atoms with E-state index in [0.29, 0.717) is 31.2 Å². The van der Waals surface area contributed by atoms with Crippen LogP contribution in [-0.2, 0) is 37.4 Å². The van der Waals surface area contributed by atoms with E-state index in [1.165, 1.54) is 4.31 Å². The average molecular weight is 496 g/mol. The number of morpholine rings is 1. The molecular weight excluding hydrogens is 466 g/mol. The number of amides is 2.